The van der Waals surface area contributed by atoms with Crippen molar-refractivity contribution in [1.82, 2.24) is 30.0 Å². The molecule has 1 aliphatic heterocycles. The highest BCUT2D eigenvalue weighted by Crippen LogP contribution is 2.35. The highest BCUT2D eigenvalue weighted by Gasteiger charge is 2.27. The zero-order valence-electron chi connectivity index (χ0n) is 18.7. The number of hydrogen-bond donors (Lipinski definition) is 2. The minimum Gasteiger partial charge on any atom is -0.490 e. The number of aromatic nitrogens is 5. The lowest BCUT2D eigenvalue weighted by Crippen LogP contribution is -2.32. The number of benzene rings is 2. The number of anilines is 1. The summed E-state index contributed by atoms with van der Waals surface area (Å²) in [6.45, 7) is 0.548. The van der Waals surface area contributed by atoms with Crippen molar-refractivity contribution in [3.8, 4) is 17.3 Å². The average molecular weight is 477 g/mol. The van der Waals surface area contributed by atoms with Gasteiger partial charge in [0, 0.05) is 36.5 Å². The van der Waals surface area contributed by atoms with Crippen molar-refractivity contribution in [1.29, 1.82) is 0 Å². The van der Waals surface area contributed by atoms with Gasteiger partial charge < -0.3 is 19.9 Å². The second-order valence-electron chi connectivity index (χ2n) is 7.97. The Morgan fingerprint density at radius 1 is 1.20 bits per heavy atom. The van der Waals surface area contributed by atoms with Gasteiger partial charge in [-0.2, -0.15) is 4.39 Å². The van der Waals surface area contributed by atoms with Crippen LogP contribution >= 0.6 is 0 Å². The molecule has 9 nitrogen and oxygen atoms in total. The Balaban J connectivity index is 1.27. The van der Waals surface area contributed by atoms with Gasteiger partial charge in [0.25, 0.3) is 5.91 Å². The van der Waals surface area contributed by atoms with Crippen molar-refractivity contribution in [3.63, 3.8) is 0 Å². The van der Waals surface area contributed by atoms with Crippen LogP contribution in [0, 0.1) is 11.6 Å². The third-order valence-electron chi connectivity index (χ3n) is 5.77. The molecule has 0 saturated heterocycles. The van der Waals surface area contributed by atoms with Crippen LogP contribution in [0.2, 0.25) is 0 Å². The number of hydrogen-bond acceptors (Lipinski definition) is 7. The molecule has 0 spiro atoms. The van der Waals surface area contributed by atoms with Crippen LogP contribution in [0.25, 0.3) is 11.5 Å². The minimum absolute atomic E-state index is 0.151. The molecule has 0 radical (unpaired) electrons. The summed E-state index contributed by atoms with van der Waals surface area (Å²) in [6.07, 6.45) is 3.54. The molecule has 0 unspecified atom stereocenters. The number of fused-ring (bicyclic) bond motifs is 1. The van der Waals surface area contributed by atoms with Crippen LogP contribution < -0.4 is 15.4 Å². The van der Waals surface area contributed by atoms with Gasteiger partial charge in [-0.25, -0.2) is 14.4 Å². The lowest BCUT2D eigenvalue weighted by Gasteiger charge is -2.27. The standard InChI is InChI=1S/C24H21F2N7O2/c1-33-20(31-32-23(33)19-7-9-27-13-29-19)12-28-15-4-2-3-14(11-15)24(34)30-18-8-10-35-22-16(18)5-6-17(25)21(22)26/h2-7,9,11,13,18,28H,8,10,12H2,1H3,(H,30,34)/t18-/m0/s1. The number of rotatable bonds is 6. The molecule has 1 amide bonds. The molecule has 0 fully saturated rings. The van der Waals surface area contributed by atoms with E-state index in [9.17, 15) is 13.6 Å². The third kappa shape index (κ3) is 4.52. The summed E-state index contributed by atoms with van der Waals surface area (Å²) in [5.41, 5.74) is 2.21. The summed E-state index contributed by atoms with van der Waals surface area (Å²) in [5.74, 6) is -1.21. The normalized spacial score (nSPS) is 14.7. The van der Waals surface area contributed by atoms with Gasteiger partial charge >= 0.3 is 0 Å². The van der Waals surface area contributed by atoms with Crippen LogP contribution in [0.1, 0.15) is 34.2 Å². The lowest BCUT2D eigenvalue weighted by molar-refractivity contribution is 0.0923. The Labute approximate surface area is 199 Å². The van der Waals surface area contributed by atoms with Gasteiger partial charge in [0.2, 0.25) is 5.82 Å². The van der Waals surface area contributed by atoms with Crippen molar-refractivity contribution < 1.29 is 18.3 Å². The van der Waals surface area contributed by atoms with E-state index in [2.05, 4.69) is 30.8 Å². The largest absolute Gasteiger partial charge is 0.490 e. The van der Waals surface area contributed by atoms with Gasteiger partial charge in [0.15, 0.2) is 23.2 Å². The Kier molecular flexibility index (Phi) is 6.04. The van der Waals surface area contributed by atoms with Gasteiger partial charge in [-0.3, -0.25) is 4.79 Å². The average Bonchev–Trinajstić information content (AvgIpc) is 3.26. The molecule has 3 heterocycles. The first kappa shape index (κ1) is 22.4. The first-order valence-corrected chi connectivity index (χ1v) is 10.9. The summed E-state index contributed by atoms with van der Waals surface area (Å²) in [6, 6.07) is 10.7. The summed E-state index contributed by atoms with van der Waals surface area (Å²) in [7, 11) is 1.85. The van der Waals surface area contributed by atoms with E-state index in [1.54, 1.807) is 30.5 Å². The molecular formula is C24H21F2N7O2. The fourth-order valence-corrected chi connectivity index (χ4v) is 3.91. The Morgan fingerprint density at radius 2 is 2.09 bits per heavy atom. The molecule has 1 aliphatic rings. The number of amides is 1. The van der Waals surface area contributed by atoms with E-state index >= 15 is 0 Å². The van der Waals surface area contributed by atoms with Crippen molar-refractivity contribution in [3.05, 3.63) is 83.6 Å². The highest BCUT2D eigenvalue weighted by molar-refractivity contribution is 5.95. The number of nitrogens with one attached hydrogen (secondary N) is 2. The van der Waals surface area contributed by atoms with Crippen LogP contribution in [0.3, 0.4) is 0 Å². The highest BCUT2D eigenvalue weighted by atomic mass is 19.2. The molecule has 2 aromatic heterocycles. The first-order valence-electron chi connectivity index (χ1n) is 10.9. The molecule has 2 aromatic carbocycles. The van der Waals surface area contributed by atoms with E-state index in [0.29, 0.717) is 47.1 Å². The van der Waals surface area contributed by atoms with E-state index in [4.69, 9.17) is 4.74 Å². The minimum atomic E-state index is -1.04. The molecule has 178 valence electrons. The Hall–Kier alpha value is -4.41. The fourth-order valence-electron chi connectivity index (χ4n) is 3.91. The van der Waals surface area contributed by atoms with E-state index in [1.165, 1.54) is 12.4 Å². The maximum Gasteiger partial charge on any atom is 0.251 e. The number of nitrogens with zero attached hydrogens (tertiary/aromatic N) is 5. The topological polar surface area (TPSA) is 107 Å². The van der Waals surface area contributed by atoms with Gasteiger partial charge in [-0.05, 0) is 30.3 Å². The van der Waals surface area contributed by atoms with Gasteiger partial charge in [0.1, 0.15) is 12.0 Å². The van der Waals surface area contributed by atoms with Gasteiger partial charge in [0.05, 0.1) is 19.2 Å². The number of ether oxygens (including phenoxy) is 1. The molecule has 0 aliphatic carbocycles. The number of carbonyl (C=O) groups is 1. The second kappa shape index (κ2) is 9.45. The summed E-state index contributed by atoms with van der Waals surface area (Å²) in [4.78, 5) is 21.0. The quantitative estimate of drug-likeness (QED) is 0.438. The molecule has 35 heavy (non-hydrogen) atoms. The molecule has 0 bridgehead atoms. The molecule has 4 aromatic rings. The van der Waals surface area contributed by atoms with Crippen LogP contribution in [0.15, 0.2) is 55.0 Å². The summed E-state index contributed by atoms with van der Waals surface area (Å²) in [5, 5.41) is 14.6. The zero-order valence-corrected chi connectivity index (χ0v) is 18.7. The van der Waals surface area contributed by atoms with E-state index in [-0.39, 0.29) is 18.3 Å². The lowest BCUT2D eigenvalue weighted by atomic mass is 9.99. The summed E-state index contributed by atoms with van der Waals surface area (Å²) < 4.78 is 34.8. The Morgan fingerprint density at radius 3 is 2.91 bits per heavy atom. The van der Waals surface area contributed by atoms with Crippen LogP contribution in [-0.2, 0) is 13.6 Å². The second-order valence-corrected chi connectivity index (χ2v) is 7.97. The monoisotopic (exact) mass is 477 g/mol. The van der Waals surface area contributed by atoms with Crippen LogP contribution in [0.5, 0.6) is 5.75 Å². The maximum absolute atomic E-state index is 14.1. The van der Waals surface area contributed by atoms with Crippen molar-refractivity contribution in [2.75, 3.05) is 11.9 Å². The first-order chi connectivity index (χ1) is 17.0. The molecule has 1 atom stereocenters. The van der Waals surface area contributed by atoms with Crippen molar-refractivity contribution in [2.24, 2.45) is 7.05 Å². The SMILES string of the molecule is Cn1c(CNc2cccc(C(=O)N[C@H]3CCOc4c3ccc(F)c4F)c2)nnc1-c1ccncn1. The molecule has 5 rings (SSSR count). The third-order valence-corrected chi connectivity index (χ3v) is 5.77. The van der Waals surface area contributed by atoms with E-state index in [0.717, 1.165) is 6.07 Å². The van der Waals surface area contributed by atoms with Crippen molar-refractivity contribution >= 4 is 11.6 Å². The molecule has 11 heteroatoms. The smallest absolute Gasteiger partial charge is 0.251 e. The molecular weight excluding hydrogens is 456 g/mol. The maximum atomic E-state index is 14.1. The van der Waals surface area contributed by atoms with Gasteiger partial charge in [-0.15, -0.1) is 10.2 Å². The van der Waals surface area contributed by atoms with Gasteiger partial charge in [-0.1, -0.05) is 12.1 Å². The van der Waals surface area contributed by atoms with E-state index in [1.807, 2.05) is 17.7 Å². The molecule has 0 saturated carbocycles. The summed E-state index contributed by atoms with van der Waals surface area (Å²) >= 11 is 0. The van der Waals surface area contributed by atoms with Crippen molar-refractivity contribution in [2.45, 2.75) is 19.0 Å². The molecule has 2 N–H and O–H groups in total. The predicted octanol–water partition coefficient (Wildman–Crippen LogP) is 3.42. The zero-order chi connectivity index (χ0) is 24.4. The van der Waals surface area contributed by atoms with Crippen LogP contribution in [-0.4, -0.2) is 37.2 Å². The van der Waals surface area contributed by atoms with Crippen LogP contribution in [0.4, 0.5) is 14.5 Å². The number of halogens is 2. The fraction of sp³-hybridized carbons (Fsp3) is 0.208. The number of carbonyl (C=O) groups excluding carboxylic acids is 1. The predicted molar refractivity (Wildman–Crippen MR) is 122 cm³/mol. The Bertz CT molecular complexity index is 1380. The van der Waals surface area contributed by atoms with E-state index < -0.39 is 17.7 Å².